The molecule has 18 heavy (non-hydrogen) atoms. The van der Waals surface area contributed by atoms with Crippen molar-refractivity contribution in [3.8, 4) is 11.5 Å². The van der Waals surface area contributed by atoms with Crippen LogP contribution in [0.3, 0.4) is 0 Å². The minimum absolute atomic E-state index is 0.111. The van der Waals surface area contributed by atoms with Crippen molar-refractivity contribution in [3.05, 3.63) is 33.0 Å². The highest BCUT2D eigenvalue weighted by Gasteiger charge is 2.10. The molecule has 0 aliphatic rings. The van der Waals surface area contributed by atoms with Gasteiger partial charge in [0.25, 0.3) is 0 Å². The second kappa shape index (κ2) is 5.41. The Hall–Kier alpha value is -1.53. The Bertz CT molecular complexity index is 623. The van der Waals surface area contributed by atoms with E-state index >= 15 is 0 Å². The number of aromatic amines is 1. The smallest absolute Gasteiger partial charge is 0.249 e. The Balaban J connectivity index is 2.61. The summed E-state index contributed by atoms with van der Waals surface area (Å²) < 4.78 is 16.2. The van der Waals surface area contributed by atoms with Crippen molar-refractivity contribution in [2.24, 2.45) is 0 Å². The van der Waals surface area contributed by atoms with Crippen LogP contribution < -0.4 is 15.0 Å². The summed E-state index contributed by atoms with van der Waals surface area (Å²) >= 11 is 3.35. The lowest BCUT2D eigenvalue weighted by molar-refractivity contribution is 0.0493. The van der Waals surface area contributed by atoms with E-state index in [0.717, 1.165) is 5.39 Å². The lowest BCUT2D eigenvalue weighted by Gasteiger charge is -2.11. The molecule has 0 aliphatic carbocycles. The highest BCUT2D eigenvalue weighted by atomic mass is 79.9. The lowest BCUT2D eigenvalue weighted by Crippen LogP contribution is -2.05. The van der Waals surface area contributed by atoms with Gasteiger partial charge in [0.1, 0.15) is 0 Å². The molecule has 0 atom stereocenters. The first-order valence-electron chi connectivity index (χ1n) is 5.18. The van der Waals surface area contributed by atoms with Gasteiger partial charge in [-0.3, -0.25) is 4.79 Å². The highest BCUT2D eigenvalue weighted by Crippen LogP contribution is 2.33. The van der Waals surface area contributed by atoms with Crippen LogP contribution in [0.5, 0.6) is 11.5 Å². The molecule has 5 nitrogen and oxygen atoms in total. The van der Waals surface area contributed by atoms with Gasteiger partial charge in [0.15, 0.2) is 18.3 Å². The zero-order chi connectivity index (χ0) is 13.1. The molecule has 0 fully saturated rings. The number of H-pyrrole nitrogens is 1. The molecule has 1 N–H and O–H groups in total. The van der Waals surface area contributed by atoms with E-state index in [0.29, 0.717) is 21.5 Å². The molecular weight excluding hydrogens is 302 g/mol. The zero-order valence-electron chi connectivity index (χ0n) is 9.95. The van der Waals surface area contributed by atoms with Crippen molar-refractivity contribution >= 4 is 26.8 Å². The average molecular weight is 314 g/mol. The number of aromatic nitrogens is 1. The highest BCUT2D eigenvalue weighted by molar-refractivity contribution is 9.10. The van der Waals surface area contributed by atoms with Crippen LogP contribution in [0.15, 0.2) is 27.5 Å². The summed E-state index contributed by atoms with van der Waals surface area (Å²) in [5, 5.41) is 0.844. The number of ether oxygens (including phenoxy) is 3. The summed E-state index contributed by atoms with van der Waals surface area (Å²) in [5.74, 6) is 1.09. The topological polar surface area (TPSA) is 60.5 Å². The molecule has 0 radical (unpaired) electrons. The molecule has 1 aromatic carbocycles. The van der Waals surface area contributed by atoms with Crippen LogP contribution in [0.2, 0.25) is 0 Å². The summed E-state index contributed by atoms with van der Waals surface area (Å²) in [6, 6.07) is 4.97. The molecule has 1 aromatic heterocycles. The number of benzene rings is 1. The third-order valence-electron chi connectivity index (χ3n) is 2.41. The molecular formula is C12H12BrNO4. The summed E-state index contributed by atoms with van der Waals surface area (Å²) in [7, 11) is 3.09. The first kappa shape index (κ1) is 12.9. The van der Waals surface area contributed by atoms with Gasteiger partial charge in [-0.25, -0.2) is 0 Å². The van der Waals surface area contributed by atoms with E-state index < -0.39 is 0 Å². The van der Waals surface area contributed by atoms with Crippen LogP contribution in [-0.4, -0.2) is 26.0 Å². The summed E-state index contributed by atoms with van der Waals surface area (Å²) in [6.07, 6.45) is 0. The molecule has 2 rings (SSSR count). The number of halogens is 1. The number of nitrogens with one attached hydrogen (secondary N) is 1. The van der Waals surface area contributed by atoms with Crippen molar-refractivity contribution in [2.75, 3.05) is 21.0 Å². The monoisotopic (exact) mass is 313 g/mol. The van der Waals surface area contributed by atoms with Gasteiger partial charge in [0, 0.05) is 29.1 Å². The number of hydrogen-bond donors (Lipinski definition) is 1. The molecule has 0 spiro atoms. The van der Waals surface area contributed by atoms with Gasteiger partial charge in [-0.15, -0.1) is 0 Å². The molecule has 0 bridgehead atoms. The average Bonchev–Trinajstić information content (AvgIpc) is 2.35. The first-order chi connectivity index (χ1) is 8.65. The molecule has 0 unspecified atom stereocenters. The first-order valence-corrected chi connectivity index (χ1v) is 5.97. The van der Waals surface area contributed by atoms with Crippen molar-refractivity contribution in [2.45, 2.75) is 0 Å². The number of fused-ring (bicyclic) bond motifs is 1. The van der Waals surface area contributed by atoms with Crippen molar-refractivity contribution < 1.29 is 14.2 Å². The van der Waals surface area contributed by atoms with E-state index in [1.54, 1.807) is 19.2 Å². The predicted octanol–water partition coefficient (Wildman–Crippen LogP) is 2.28. The van der Waals surface area contributed by atoms with Gasteiger partial charge in [-0.05, 0) is 22.0 Å². The summed E-state index contributed by atoms with van der Waals surface area (Å²) in [4.78, 5) is 14.1. The Morgan fingerprint density at radius 1 is 1.22 bits per heavy atom. The largest absolute Gasteiger partial charge is 0.493 e. The maximum Gasteiger partial charge on any atom is 0.249 e. The molecule has 96 valence electrons. The summed E-state index contributed by atoms with van der Waals surface area (Å²) in [6.45, 7) is 0.111. The normalized spacial score (nSPS) is 10.6. The van der Waals surface area contributed by atoms with Crippen molar-refractivity contribution in [1.29, 1.82) is 0 Å². The third kappa shape index (κ3) is 2.49. The quantitative estimate of drug-likeness (QED) is 0.880. The van der Waals surface area contributed by atoms with Gasteiger partial charge >= 0.3 is 0 Å². The number of methoxy groups -OCH3 is 2. The number of rotatable bonds is 4. The van der Waals surface area contributed by atoms with Gasteiger partial charge < -0.3 is 19.2 Å². The Kier molecular flexibility index (Phi) is 3.88. The lowest BCUT2D eigenvalue weighted by atomic mass is 10.2. The van der Waals surface area contributed by atoms with Gasteiger partial charge in [-0.1, -0.05) is 0 Å². The molecule has 0 amide bonds. The van der Waals surface area contributed by atoms with Gasteiger partial charge in [-0.2, -0.15) is 0 Å². The molecule has 6 heteroatoms. The summed E-state index contributed by atoms with van der Waals surface area (Å²) in [5.41, 5.74) is 0.485. The fourth-order valence-electron chi connectivity index (χ4n) is 1.62. The van der Waals surface area contributed by atoms with E-state index in [9.17, 15) is 4.79 Å². The number of hydrogen-bond acceptors (Lipinski definition) is 4. The maximum atomic E-state index is 11.4. The Morgan fingerprint density at radius 2 is 2.00 bits per heavy atom. The minimum Gasteiger partial charge on any atom is -0.493 e. The minimum atomic E-state index is -0.183. The fourth-order valence-corrected chi connectivity index (χ4v) is 2.15. The van der Waals surface area contributed by atoms with Crippen LogP contribution in [0.1, 0.15) is 0 Å². The standard InChI is InChI=1S/C12H12BrNO4/c1-16-6-18-11-5-9-7(3-10(11)17-2)8(13)4-12(15)14-9/h3-5H,6H2,1-2H3,(H,14,15). The predicted molar refractivity (Wildman–Crippen MR) is 71.3 cm³/mol. The second-order valence-corrected chi connectivity index (χ2v) is 4.44. The van der Waals surface area contributed by atoms with E-state index in [1.807, 2.05) is 0 Å². The Labute approximate surface area is 112 Å². The van der Waals surface area contributed by atoms with E-state index in [-0.39, 0.29) is 12.4 Å². The molecule has 0 saturated heterocycles. The van der Waals surface area contributed by atoms with Crippen LogP contribution in [0.25, 0.3) is 10.9 Å². The van der Waals surface area contributed by atoms with Crippen LogP contribution in [0.4, 0.5) is 0 Å². The Morgan fingerprint density at radius 3 is 2.67 bits per heavy atom. The van der Waals surface area contributed by atoms with Gasteiger partial charge in [0.2, 0.25) is 5.56 Å². The maximum absolute atomic E-state index is 11.4. The molecule has 0 saturated carbocycles. The van der Waals surface area contributed by atoms with Crippen LogP contribution in [0, 0.1) is 0 Å². The van der Waals surface area contributed by atoms with E-state index in [1.165, 1.54) is 13.2 Å². The van der Waals surface area contributed by atoms with E-state index in [2.05, 4.69) is 20.9 Å². The second-order valence-electron chi connectivity index (χ2n) is 3.58. The van der Waals surface area contributed by atoms with Gasteiger partial charge in [0.05, 0.1) is 12.6 Å². The van der Waals surface area contributed by atoms with Crippen LogP contribution >= 0.6 is 15.9 Å². The van der Waals surface area contributed by atoms with E-state index in [4.69, 9.17) is 14.2 Å². The third-order valence-corrected chi connectivity index (χ3v) is 3.07. The fraction of sp³-hybridized carbons (Fsp3) is 0.250. The SMILES string of the molecule is COCOc1cc2[nH]c(=O)cc(Br)c2cc1OC. The number of pyridine rings is 1. The molecule has 2 aromatic rings. The molecule has 0 aliphatic heterocycles. The van der Waals surface area contributed by atoms with Crippen LogP contribution in [-0.2, 0) is 4.74 Å². The van der Waals surface area contributed by atoms with Crippen molar-refractivity contribution in [3.63, 3.8) is 0 Å². The van der Waals surface area contributed by atoms with Crippen molar-refractivity contribution in [1.82, 2.24) is 4.98 Å². The molecule has 1 heterocycles. The zero-order valence-corrected chi connectivity index (χ0v) is 11.5.